The van der Waals surface area contributed by atoms with Crippen LogP contribution in [0.4, 0.5) is 11.4 Å². The minimum absolute atomic E-state index is 0.0294. The number of aromatic nitrogens is 2. The molecule has 1 unspecified atom stereocenters. The fraction of sp³-hybridized carbons (Fsp3) is 0.389. The maximum absolute atomic E-state index is 10.7. The summed E-state index contributed by atoms with van der Waals surface area (Å²) >= 11 is 1.44. The quantitative estimate of drug-likeness (QED) is 0.230. The highest BCUT2D eigenvalue weighted by atomic mass is 32.2. The molecule has 0 bridgehead atoms. The van der Waals surface area contributed by atoms with Crippen molar-refractivity contribution in [1.29, 1.82) is 0 Å². The summed E-state index contributed by atoms with van der Waals surface area (Å²) in [7, 11) is 3.07. The number of hydrogen-bond acceptors (Lipinski definition) is 9. The summed E-state index contributed by atoms with van der Waals surface area (Å²) < 4.78 is 10.4. The largest absolute Gasteiger partial charge is 0.481 e. The Morgan fingerprint density at radius 3 is 2.21 bits per heavy atom. The molecule has 9 nitrogen and oxygen atoms in total. The van der Waals surface area contributed by atoms with E-state index in [9.17, 15) is 10.1 Å². The summed E-state index contributed by atoms with van der Waals surface area (Å²) in [5.74, 6) is 0.839. The van der Waals surface area contributed by atoms with Crippen LogP contribution in [-0.2, 0) is 0 Å². The van der Waals surface area contributed by atoms with Crippen molar-refractivity contribution in [3.05, 3.63) is 40.4 Å². The summed E-state index contributed by atoms with van der Waals surface area (Å²) in [4.78, 5) is 19.0. The van der Waals surface area contributed by atoms with E-state index in [2.05, 4.69) is 41.3 Å². The van der Waals surface area contributed by atoms with Gasteiger partial charge in [0.2, 0.25) is 11.8 Å². The number of thioether (sulfide) groups is 1. The van der Waals surface area contributed by atoms with Crippen LogP contribution in [0.5, 0.6) is 11.8 Å². The van der Waals surface area contributed by atoms with E-state index in [0.717, 1.165) is 0 Å². The summed E-state index contributed by atoms with van der Waals surface area (Å²) in [6.07, 6.45) is 1.77. The number of methoxy groups -OCH3 is 2. The van der Waals surface area contributed by atoms with Crippen LogP contribution < -0.4 is 14.9 Å². The molecule has 0 radical (unpaired) electrons. The molecule has 28 heavy (non-hydrogen) atoms. The van der Waals surface area contributed by atoms with E-state index in [0.29, 0.717) is 22.6 Å². The second-order valence-electron chi connectivity index (χ2n) is 6.83. The Kier molecular flexibility index (Phi) is 7.16. The molecule has 2 aromatic rings. The molecule has 150 valence electrons. The molecule has 10 heteroatoms. The second kappa shape index (κ2) is 9.36. The Balaban J connectivity index is 2.13. The summed E-state index contributed by atoms with van der Waals surface area (Å²) in [6, 6.07) is 7.66. The highest BCUT2D eigenvalue weighted by Crippen LogP contribution is 2.34. The van der Waals surface area contributed by atoms with Gasteiger partial charge in [-0.3, -0.25) is 15.5 Å². The summed E-state index contributed by atoms with van der Waals surface area (Å²) in [5, 5.41) is 15.4. The molecule has 1 atom stereocenters. The molecule has 0 aliphatic rings. The summed E-state index contributed by atoms with van der Waals surface area (Å²) in [5.41, 5.74) is 3.43. The van der Waals surface area contributed by atoms with Crippen LogP contribution in [0.2, 0.25) is 0 Å². The minimum atomic E-state index is -0.443. The zero-order valence-electron chi connectivity index (χ0n) is 16.4. The van der Waals surface area contributed by atoms with E-state index in [1.807, 2.05) is 0 Å². The molecule has 0 fully saturated rings. The molecule has 0 saturated heterocycles. The maximum Gasteiger partial charge on any atom is 0.269 e. The Labute approximate surface area is 167 Å². The van der Waals surface area contributed by atoms with Crippen LogP contribution in [0.3, 0.4) is 0 Å². The number of hydrogen-bond donors (Lipinski definition) is 1. The Bertz CT molecular complexity index is 815. The number of ether oxygens (including phenoxy) is 2. The zero-order valence-corrected chi connectivity index (χ0v) is 17.2. The smallest absolute Gasteiger partial charge is 0.269 e. The number of nitro groups is 1. The number of nitro benzene ring substituents is 1. The molecule has 0 amide bonds. The normalized spacial score (nSPS) is 12.6. The van der Waals surface area contributed by atoms with Gasteiger partial charge in [-0.25, -0.2) is 0 Å². The first-order chi connectivity index (χ1) is 13.2. The SMILES string of the molecule is COc1cc(OC)nc(SC(/C=N/Nc2ccc([N+](=O)[O-])cc2)C(C)(C)C)n1. The lowest BCUT2D eigenvalue weighted by atomic mass is 9.92. The van der Waals surface area contributed by atoms with Gasteiger partial charge in [-0.15, -0.1) is 0 Å². The number of nitrogens with zero attached hydrogens (tertiary/aromatic N) is 4. The van der Waals surface area contributed by atoms with Crippen molar-refractivity contribution in [2.24, 2.45) is 10.5 Å². The van der Waals surface area contributed by atoms with Crippen LogP contribution in [0.25, 0.3) is 0 Å². The van der Waals surface area contributed by atoms with Crippen LogP contribution in [0.1, 0.15) is 20.8 Å². The highest BCUT2D eigenvalue weighted by Gasteiger charge is 2.26. The van der Waals surface area contributed by atoms with Crippen molar-refractivity contribution in [1.82, 2.24) is 9.97 Å². The Hall–Kier alpha value is -2.88. The van der Waals surface area contributed by atoms with Crippen molar-refractivity contribution < 1.29 is 14.4 Å². The average molecular weight is 405 g/mol. The standard InChI is InChI=1S/C18H23N5O4S/c1-18(2,3)14(28-17-20-15(26-4)10-16(21-17)27-5)11-19-22-12-6-8-13(9-7-12)23(24)25/h6-11,14,22H,1-5H3/b19-11+. The predicted molar refractivity (Wildman–Crippen MR) is 109 cm³/mol. The zero-order chi connectivity index (χ0) is 20.7. The average Bonchev–Trinajstić information content (AvgIpc) is 2.66. The first-order valence-corrected chi connectivity index (χ1v) is 9.28. The molecule has 1 heterocycles. The topological polar surface area (TPSA) is 112 Å². The monoisotopic (exact) mass is 405 g/mol. The molecule has 0 aliphatic carbocycles. The molecular weight excluding hydrogens is 382 g/mol. The number of rotatable bonds is 8. The second-order valence-corrected chi connectivity index (χ2v) is 7.94. The van der Waals surface area contributed by atoms with Crippen molar-refractivity contribution in [2.45, 2.75) is 31.2 Å². The third-order valence-electron chi connectivity index (χ3n) is 3.64. The van der Waals surface area contributed by atoms with Gasteiger partial charge in [0.05, 0.1) is 36.1 Å². The van der Waals surface area contributed by atoms with Crippen molar-refractivity contribution >= 4 is 29.4 Å². The van der Waals surface area contributed by atoms with Crippen LogP contribution in [0, 0.1) is 15.5 Å². The minimum Gasteiger partial charge on any atom is -0.481 e. The molecule has 1 N–H and O–H groups in total. The number of nitrogens with one attached hydrogen (secondary N) is 1. The first-order valence-electron chi connectivity index (χ1n) is 8.40. The number of benzene rings is 1. The van der Waals surface area contributed by atoms with Gasteiger partial charge in [0.25, 0.3) is 5.69 Å². The van der Waals surface area contributed by atoms with E-state index >= 15 is 0 Å². The number of hydrazone groups is 1. The van der Waals surface area contributed by atoms with Gasteiger partial charge in [-0.05, 0) is 17.5 Å². The van der Waals surface area contributed by atoms with Gasteiger partial charge in [0.15, 0.2) is 5.16 Å². The molecule has 0 saturated carbocycles. The van der Waals surface area contributed by atoms with Crippen LogP contribution in [0.15, 0.2) is 40.6 Å². The van der Waals surface area contributed by atoms with Gasteiger partial charge in [0.1, 0.15) is 0 Å². The van der Waals surface area contributed by atoms with Gasteiger partial charge < -0.3 is 9.47 Å². The van der Waals surface area contributed by atoms with Gasteiger partial charge >= 0.3 is 0 Å². The lowest BCUT2D eigenvalue weighted by Gasteiger charge is -2.26. The molecule has 1 aromatic carbocycles. The lowest BCUT2D eigenvalue weighted by molar-refractivity contribution is -0.384. The molecule has 0 aliphatic heterocycles. The van der Waals surface area contributed by atoms with E-state index in [-0.39, 0.29) is 16.4 Å². The van der Waals surface area contributed by atoms with Gasteiger partial charge in [-0.2, -0.15) is 15.1 Å². The van der Waals surface area contributed by atoms with Gasteiger partial charge in [-0.1, -0.05) is 32.5 Å². The Morgan fingerprint density at radius 1 is 1.18 bits per heavy atom. The predicted octanol–water partition coefficient (Wildman–Crippen LogP) is 4.01. The lowest BCUT2D eigenvalue weighted by Crippen LogP contribution is -2.25. The molecule has 0 spiro atoms. The molecule has 2 rings (SSSR count). The summed E-state index contributed by atoms with van der Waals surface area (Å²) in [6.45, 7) is 6.25. The molecule has 1 aromatic heterocycles. The van der Waals surface area contributed by atoms with Crippen LogP contribution >= 0.6 is 11.8 Å². The van der Waals surface area contributed by atoms with E-state index in [1.54, 1.807) is 24.4 Å². The highest BCUT2D eigenvalue weighted by molar-refractivity contribution is 8.00. The van der Waals surface area contributed by atoms with Crippen LogP contribution in [-0.4, -0.2) is 40.6 Å². The van der Waals surface area contributed by atoms with Gasteiger partial charge in [0, 0.05) is 18.3 Å². The number of anilines is 1. The van der Waals surface area contributed by atoms with E-state index in [4.69, 9.17) is 9.47 Å². The number of non-ortho nitro benzene ring substituents is 1. The molecular formula is C18H23N5O4S. The maximum atomic E-state index is 10.7. The van der Waals surface area contributed by atoms with Crippen molar-refractivity contribution in [3.8, 4) is 11.8 Å². The third kappa shape index (κ3) is 6.08. The fourth-order valence-corrected chi connectivity index (χ4v) is 3.01. The third-order valence-corrected chi connectivity index (χ3v) is 5.12. The van der Waals surface area contributed by atoms with E-state index < -0.39 is 4.92 Å². The van der Waals surface area contributed by atoms with Crippen molar-refractivity contribution in [2.75, 3.05) is 19.6 Å². The van der Waals surface area contributed by atoms with Crippen molar-refractivity contribution in [3.63, 3.8) is 0 Å². The fourth-order valence-electron chi connectivity index (χ4n) is 2.03. The Morgan fingerprint density at radius 2 is 1.75 bits per heavy atom. The van der Waals surface area contributed by atoms with E-state index in [1.165, 1.54) is 38.1 Å². The first kappa shape index (κ1) is 21.4.